The third kappa shape index (κ3) is 5.63. The molecule has 0 radical (unpaired) electrons. The van der Waals surface area contributed by atoms with E-state index in [1.165, 1.54) is 5.56 Å². The average Bonchev–Trinajstić information content (AvgIpc) is 2.97. The minimum absolute atomic E-state index is 0.214. The van der Waals surface area contributed by atoms with Gasteiger partial charge in [0.25, 0.3) is 0 Å². The molecular weight excluding hydrogens is 376 g/mol. The number of rotatable bonds is 8. The van der Waals surface area contributed by atoms with Gasteiger partial charge in [0.1, 0.15) is 5.75 Å². The summed E-state index contributed by atoms with van der Waals surface area (Å²) in [7, 11) is 0. The minimum atomic E-state index is 0.214. The van der Waals surface area contributed by atoms with E-state index in [9.17, 15) is 4.79 Å². The molecule has 1 aromatic carbocycles. The van der Waals surface area contributed by atoms with E-state index in [2.05, 4.69) is 47.6 Å². The molecule has 1 aromatic heterocycles. The van der Waals surface area contributed by atoms with E-state index in [0.717, 1.165) is 62.0 Å². The highest BCUT2D eigenvalue weighted by Crippen LogP contribution is 2.18. The first kappa shape index (κ1) is 22.3. The summed E-state index contributed by atoms with van der Waals surface area (Å²) in [5.74, 6) is 1.67. The third-order valence-electron chi connectivity index (χ3n) is 5.76. The maximum Gasteiger partial charge on any atom is 0.227 e. The van der Waals surface area contributed by atoms with Crippen LogP contribution in [0.4, 0.5) is 0 Å². The molecule has 0 atom stereocenters. The number of carbonyl (C=O) groups excluding carboxylic acids is 1. The maximum atomic E-state index is 12.9. The number of hydrogen-bond acceptors (Lipinski definition) is 4. The lowest BCUT2D eigenvalue weighted by atomic mass is 10.1. The molecule has 1 aliphatic rings. The lowest BCUT2D eigenvalue weighted by Crippen LogP contribution is -2.48. The van der Waals surface area contributed by atoms with Crippen molar-refractivity contribution in [3.8, 4) is 5.75 Å². The monoisotopic (exact) mass is 412 g/mol. The second-order valence-corrected chi connectivity index (χ2v) is 8.64. The quantitative estimate of drug-likeness (QED) is 0.666. The molecule has 30 heavy (non-hydrogen) atoms. The first-order valence-electron chi connectivity index (χ1n) is 11.1. The summed E-state index contributed by atoms with van der Waals surface area (Å²) in [6, 6.07) is 8.32. The van der Waals surface area contributed by atoms with Gasteiger partial charge in [0.15, 0.2) is 0 Å². The molecule has 0 saturated carbocycles. The predicted octanol–water partition coefficient (Wildman–Crippen LogP) is 3.44. The highest BCUT2D eigenvalue weighted by Gasteiger charge is 2.23. The van der Waals surface area contributed by atoms with Crippen molar-refractivity contribution < 1.29 is 9.53 Å². The van der Waals surface area contributed by atoms with Crippen LogP contribution in [0.2, 0.25) is 0 Å². The zero-order chi connectivity index (χ0) is 21.7. The summed E-state index contributed by atoms with van der Waals surface area (Å²) in [6.07, 6.45) is 0.453. The summed E-state index contributed by atoms with van der Waals surface area (Å²) in [5.41, 5.74) is 4.49. The Bertz CT molecular complexity index is 834. The van der Waals surface area contributed by atoms with Crippen LogP contribution < -0.4 is 4.74 Å². The molecule has 0 aliphatic carbocycles. The van der Waals surface area contributed by atoms with Crippen molar-refractivity contribution in [2.45, 2.75) is 54.1 Å². The molecule has 1 fully saturated rings. The van der Waals surface area contributed by atoms with E-state index in [4.69, 9.17) is 4.74 Å². The van der Waals surface area contributed by atoms with Crippen molar-refractivity contribution >= 4 is 5.91 Å². The number of amides is 1. The van der Waals surface area contributed by atoms with E-state index < -0.39 is 0 Å². The lowest BCUT2D eigenvalue weighted by molar-refractivity contribution is -0.132. The molecule has 1 saturated heterocycles. The fraction of sp³-hybridized carbons (Fsp3) is 0.583. The Hall–Kier alpha value is -2.34. The molecule has 0 unspecified atom stereocenters. The molecule has 1 amide bonds. The Kier molecular flexibility index (Phi) is 7.53. The number of nitrogens with zero attached hydrogens (tertiary/aromatic N) is 4. The Morgan fingerprint density at radius 1 is 1.10 bits per heavy atom. The van der Waals surface area contributed by atoms with Gasteiger partial charge in [-0.2, -0.15) is 5.10 Å². The predicted molar refractivity (Wildman–Crippen MR) is 120 cm³/mol. The minimum Gasteiger partial charge on any atom is -0.494 e. The number of benzene rings is 1. The standard InChI is InChI=1S/C24H36N4O2/c1-6-30-22-9-7-21(8-10-22)17-26-11-13-27(14-12-26)24(29)15-23-19(4)25-28(20(23)5)16-18(2)3/h7-10,18H,6,11-17H2,1-5H3. The number of carbonyl (C=O) groups is 1. The second kappa shape index (κ2) is 10.1. The largest absolute Gasteiger partial charge is 0.494 e. The van der Waals surface area contributed by atoms with Crippen LogP contribution in [0, 0.1) is 19.8 Å². The summed E-state index contributed by atoms with van der Waals surface area (Å²) >= 11 is 0. The van der Waals surface area contributed by atoms with E-state index in [1.807, 2.05) is 30.9 Å². The Morgan fingerprint density at radius 3 is 2.37 bits per heavy atom. The fourth-order valence-electron chi connectivity index (χ4n) is 4.05. The van der Waals surface area contributed by atoms with Gasteiger partial charge < -0.3 is 9.64 Å². The Morgan fingerprint density at radius 2 is 1.77 bits per heavy atom. The van der Waals surface area contributed by atoms with Gasteiger partial charge in [-0.1, -0.05) is 26.0 Å². The zero-order valence-electron chi connectivity index (χ0n) is 19.1. The van der Waals surface area contributed by atoms with Crippen LogP contribution in [0.25, 0.3) is 0 Å². The van der Waals surface area contributed by atoms with Crippen molar-refractivity contribution in [2.75, 3.05) is 32.8 Å². The van der Waals surface area contributed by atoms with Gasteiger partial charge in [-0.3, -0.25) is 14.4 Å². The summed E-state index contributed by atoms with van der Waals surface area (Å²) in [5, 5.41) is 4.65. The van der Waals surface area contributed by atoms with Gasteiger partial charge in [-0.15, -0.1) is 0 Å². The number of piperazine rings is 1. The fourth-order valence-corrected chi connectivity index (χ4v) is 4.05. The normalized spacial score (nSPS) is 15.1. The molecular formula is C24H36N4O2. The van der Waals surface area contributed by atoms with Crippen LogP contribution >= 0.6 is 0 Å². The molecule has 164 valence electrons. The molecule has 2 aromatic rings. The molecule has 1 aliphatic heterocycles. The molecule has 6 heteroatoms. The van der Waals surface area contributed by atoms with E-state index in [-0.39, 0.29) is 5.91 Å². The number of ether oxygens (including phenoxy) is 1. The van der Waals surface area contributed by atoms with Crippen LogP contribution in [0.5, 0.6) is 5.75 Å². The number of aromatic nitrogens is 2. The van der Waals surface area contributed by atoms with Crippen LogP contribution in [-0.4, -0.2) is 58.3 Å². The van der Waals surface area contributed by atoms with Gasteiger partial charge in [0.2, 0.25) is 5.91 Å². The average molecular weight is 413 g/mol. The summed E-state index contributed by atoms with van der Waals surface area (Å²) in [6.45, 7) is 16.3. The van der Waals surface area contributed by atoms with Gasteiger partial charge >= 0.3 is 0 Å². The molecule has 2 heterocycles. The summed E-state index contributed by atoms with van der Waals surface area (Å²) in [4.78, 5) is 17.3. The highest BCUT2D eigenvalue weighted by molar-refractivity contribution is 5.79. The highest BCUT2D eigenvalue weighted by atomic mass is 16.5. The topological polar surface area (TPSA) is 50.6 Å². The van der Waals surface area contributed by atoms with Gasteiger partial charge in [-0.25, -0.2) is 0 Å². The second-order valence-electron chi connectivity index (χ2n) is 8.64. The van der Waals surface area contributed by atoms with E-state index in [1.54, 1.807) is 0 Å². The first-order chi connectivity index (χ1) is 14.4. The van der Waals surface area contributed by atoms with Crippen molar-refractivity contribution in [1.29, 1.82) is 0 Å². The molecule has 0 N–H and O–H groups in total. The summed E-state index contributed by atoms with van der Waals surface area (Å²) < 4.78 is 7.57. The Balaban J connectivity index is 1.51. The van der Waals surface area contributed by atoms with Crippen LogP contribution in [0.1, 0.15) is 43.3 Å². The lowest BCUT2D eigenvalue weighted by Gasteiger charge is -2.35. The number of aryl methyl sites for hydroxylation is 1. The van der Waals surface area contributed by atoms with E-state index in [0.29, 0.717) is 18.9 Å². The van der Waals surface area contributed by atoms with Gasteiger partial charge in [0.05, 0.1) is 18.7 Å². The van der Waals surface area contributed by atoms with Crippen LogP contribution in [0.3, 0.4) is 0 Å². The van der Waals surface area contributed by atoms with Crippen molar-refractivity contribution in [3.05, 3.63) is 46.8 Å². The zero-order valence-corrected chi connectivity index (χ0v) is 19.1. The van der Waals surface area contributed by atoms with Crippen LogP contribution in [-0.2, 0) is 24.3 Å². The van der Waals surface area contributed by atoms with Crippen molar-refractivity contribution in [1.82, 2.24) is 19.6 Å². The molecule has 0 bridgehead atoms. The molecule has 0 spiro atoms. The van der Waals surface area contributed by atoms with Gasteiger partial charge in [-0.05, 0) is 44.4 Å². The van der Waals surface area contributed by atoms with Crippen molar-refractivity contribution in [2.24, 2.45) is 5.92 Å². The maximum absolute atomic E-state index is 12.9. The van der Waals surface area contributed by atoms with Crippen LogP contribution in [0.15, 0.2) is 24.3 Å². The molecule has 3 rings (SSSR count). The smallest absolute Gasteiger partial charge is 0.227 e. The van der Waals surface area contributed by atoms with Crippen molar-refractivity contribution in [3.63, 3.8) is 0 Å². The SMILES string of the molecule is CCOc1ccc(CN2CCN(C(=O)Cc3c(C)nn(CC(C)C)c3C)CC2)cc1. The third-order valence-corrected chi connectivity index (χ3v) is 5.76. The number of hydrogen-bond donors (Lipinski definition) is 0. The Labute approximate surface area is 180 Å². The van der Waals surface area contributed by atoms with Gasteiger partial charge in [0, 0.05) is 50.5 Å². The molecule has 6 nitrogen and oxygen atoms in total. The van der Waals surface area contributed by atoms with E-state index >= 15 is 0 Å². The first-order valence-corrected chi connectivity index (χ1v) is 11.1.